The van der Waals surface area contributed by atoms with Crippen LogP contribution in [0.5, 0.6) is 11.5 Å². The summed E-state index contributed by atoms with van der Waals surface area (Å²) < 4.78 is 36.7. The normalized spacial score (nSPS) is 10.9. The molecule has 0 fully saturated rings. The molecule has 0 radical (unpaired) electrons. The summed E-state index contributed by atoms with van der Waals surface area (Å²) in [5.74, 6) is 0.765. The van der Waals surface area contributed by atoms with E-state index < -0.39 is 10.0 Å². The Morgan fingerprint density at radius 3 is 2.46 bits per heavy atom. The zero-order chi connectivity index (χ0) is 24.3. The number of ether oxygens (including phenoxy) is 2. The Hall–Kier alpha value is -3.76. The summed E-state index contributed by atoms with van der Waals surface area (Å²) in [6, 6.07) is 18.2. The number of carbonyl (C=O) groups excluding carboxylic acids is 1. The highest BCUT2D eigenvalue weighted by atomic mass is 35.5. The van der Waals surface area contributed by atoms with Gasteiger partial charge in [-0.15, -0.1) is 12.4 Å². The fourth-order valence-electron chi connectivity index (χ4n) is 3.52. The van der Waals surface area contributed by atoms with E-state index in [1.54, 1.807) is 37.4 Å². The quantitative estimate of drug-likeness (QED) is 0.302. The zero-order valence-corrected chi connectivity index (χ0v) is 20.9. The molecular formula is C24H25ClN4O5S. The number of carbonyl (C=O) groups is 1. The number of likely N-dealkylation sites (N-methyl/N-ethyl adjacent to an activating group) is 1. The third-order valence-electron chi connectivity index (χ3n) is 5.07. The van der Waals surface area contributed by atoms with Crippen molar-refractivity contribution in [2.75, 3.05) is 37.1 Å². The Kier molecular flexibility index (Phi) is 7.88. The number of halogens is 1. The Morgan fingerprint density at radius 2 is 1.74 bits per heavy atom. The number of methoxy groups -OCH3 is 1. The monoisotopic (exact) mass is 516 g/mol. The molecule has 0 aliphatic carbocycles. The van der Waals surface area contributed by atoms with E-state index in [0.29, 0.717) is 28.4 Å². The van der Waals surface area contributed by atoms with Crippen LogP contribution < -0.4 is 24.8 Å². The van der Waals surface area contributed by atoms with Gasteiger partial charge in [-0.25, -0.2) is 13.4 Å². The number of fused-ring (bicyclic) bond motifs is 2. The fourth-order valence-corrected chi connectivity index (χ4v) is 4.08. The van der Waals surface area contributed by atoms with Gasteiger partial charge in [0.2, 0.25) is 10.0 Å². The molecule has 9 nitrogen and oxygen atoms in total. The van der Waals surface area contributed by atoms with Gasteiger partial charge in [-0.3, -0.25) is 9.52 Å². The first-order valence-corrected chi connectivity index (χ1v) is 12.3. The van der Waals surface area contributed by atoms with E-state index in [1.165, 1.54) is 7.11 Å². The van der Waals surface area contributed by atoms with E-state index in [-0.39, 0.29) is 24.9 Å². The summed E-state index contributed by atoms with van der Waals surface area (Å²) in [4.78, 5) is 16.3. The van der Waals surface area contributed by atoms with E-state index in [0.717, 1.165) is 28.2 Å². The first-order chi connectivity index (χ1) is 16.3. The summed E-state index contributed by atoms with van der Waals surface area (Å²) in [5.41, 5.74) is 3.31. The molecule has 3 aromatic carbocycles. The topological polar surface area (TPSA) is 119 Å². The first-order valence-electron chi connectivity index (χ1n) is 10.4. The number of pyridine rings is 1. The van der Waals surface area contributed by atoms with Crippen LogP contribution in [-0.2, 0) is 14.8 Å². The number of benzene rings is 3. The predicted molar refractivity (Wildman–Crippen MR) is 141 cm³/mol. The van der Waals surface area contributed by atoms with E-state index in [9.17, 15) is 13.2 Å². The fraction of sp³-hybridized carbons (Fsp3) is 0.167. The number of nitrogens with zero attached hydrogens (tertiary/aromatic N) is 1. The summed E-state index contributed by atoms with van der Waals surface area (Å²) in [7, 11) is -0.350. The van der Waals surface area contributed by atoms with Crippen LogP contribution in [0.15, 0.2) is 60.7 Å². The van der Waals surface area contributed by atoms with Gasteiger partial charge in [-0.1, -0.05) is 18.2 Å². The van der Waals surface area contributed by atoms with Crippen molar-refractivity contribution in [1.29, 1.82) is 0 Å². The molecule has 0 aliphatic heterocycles. The Morgan fingerprint density at radius 1 is 1.00 bits per heavy atom. The van der Waals surface area contributed by atoms with Crippen LogP contribution in [0, 0.1) is 0 Å². The molecule has 35 heavy (non-hydrogen) atoms. The molecule has 184 valence electrons. The van der Waals surface area contributed by atoms with E-state index >= 15 is 0 Å². The number of sulfonamides is 1. The molecule has 1 amide bonds. The summed E-state index contributed by atoms with van der Waals surface area (Å²) in [6.45, 7) is -0.0915. The molecule has 0 atom stereocenters. The molecule has 0 saturated carbocycles. The Bertz CT molecular complexity index is 1490. The lowest BCUT2D eigenvalue weighted by Gasteiger charge is -2.17. The van der Waals surface area contributed by atoms with Crippen molar-refractivity contribution < 1.29 is 22.7 Å². The van der Waals surface area contributed by atoms with E-state index in [4.69, 9.17) is 14.5 Å². The molecule has 0 unspecified atom stereocenters. The standard InChI is InChI=1S/C24H24N4O5S.ClH/c1-25-23(29)14-33-16-9-10-18-21(13-16)26-19-7-5-4-6-17(19)24(18)27-20-11-8-15(12-22(20)32-2)28-34(3,30)31;/h4-13,28H,14H2,1-3H3,(H,25,29)(H,26,27);1H. The maximum Gasteiger partial charge on any atom is 0.257 e. The average Bonchev–Trinajstić information content (AvgIpc) is 2.81. The third kappa shape index (κ3) is 6.03. The summed E-state index contributed by atoms with van der Waals surface area (Å²) in [6.07, 6.45) is 1.09. The molecule has 1 aromatic heterocycles. The van der Waals surface area contributed by atoms with Crippen LogP contribution >= 0.6 is 12.4 Å². The summed E-state index contributed by atoms with van der Waals surface area (Å²) >= 11 is 0. The number of hydrogen-bond acceptors (Lipinski definition) is 7. The number of amides is 1. The van der Waals surface area contributed by atoms with E-state index in [2.05, 4.69) is 15.4 Å². The van der Waals surface area contributed by atoms with Crippen molar-refractivity contribution in [2.24, 2.45) is 0 Å². The number of nitrogens with one attached hydrogen (secondary N) is 3. The zero-order valence-electron chi connectivity index (χ0n) is 19.3. The molecule has 0 spiro atoms. The van der Waals surface area contributed by atoms with Gasteiger partial charge < -0.3 is 20.1 Å². The maximum absolute atomic E-state index is 11.6. The second kappa shape index (κ2) is 10.7. The summed E-state index contributed by atoms with van der Waals surface area (Å²) in [5, 5.41) is 7.69. The molecule has 0 aliphatic rings. The highest BCUT2D eigenvalue weighted by Crippen LogP contribution is 2.38. The average molecular weight is 517 g/mol. The second-order valence-electron chi connectivity index (χ2n) is 7.56. The predicted octanol–water partition coefficient (Wildman–Crippen LogP) is 4.06. The van der Waals surface area contributed by atoms with Gasteiger partial charge in [0, 0.05) is 30.0 Å². The number of rotatable bonds is 8. The molecule has 4 aromatic rings. The van der Waals surface area contributed by atoms with Crippen LogP contribution in [0.1, 0.15) is 0 Å². The molecule has 4 rings (SSSR count). The van der Waals surface area contributed by atoms with Gasteiger partial charge in [-0.05, 0) is 30.3 Å². The maximum atomic E-state index is 11.6. The lowest BCUT2D eigenvalue weighted by molar-refractivity contribution is -0.122. The lowest BCUT2D eigenvalue weighted by Crippen LogP contribution is -2.24. The van der Waals surface area contributed by atoms with Crippen molar-refractivity contribution >= 4 is 67.2 Å². The van der Waals surface area contributed by atoms with Crippen molar-refractivity contribution in [3.63, 3.8) is 0 Å². The minimum atomic E-state index is -3.42. The van der Waals surface area contributed by atoms with Crippen LogP contribution in [-0.4, -0.2) is 46.3 Å². The third-order valence-corrected chi connectivity index (χ3v) is 5.67. The van der Waals surface area contributed by atoms with E-state index in [1.807, 2.05) is 30.3 Å². The smallest absolute Gasteiger partial charge is 0.257 e. The van der Waals surface area contributed by atoms with Crippen molar-refractivity contribution in [1.82, 2.24) is 10.3 Å². The molecule has 1 heterocycles. The van der Waals surface area contributed by atoms with Gasteiger partial charge in [0.25, 0.3) is 5.91 Å². The van der Waals surface area contributed by atoms with Gasteiger partial charge >= 0.3 is 0 Å². The molecule has 3 N–H and O–H groups in total. The molecular weight excluding hydrogens is 492 g/mol. The van der Waals surface area contributed by atoms with Crippen LogP contribution in [0.4, 0.5) is 17.1 Å². The van der Waals surface area contributed by atoms with Gasteiger partial charge in [0.1, 0.15) is 11.5 Å². The van der Waals surface area contributed by atoms with Gasteiger partial charge in [0.15, 0.2) is 6.61 Å². The molecule has 0 saturated heterocycles. The van der Waals surface area contributed by atoms with Crippen LogP contribution in [0.3, 0.4) is 0 Å². The van der Waals surface area contributed by atoms with Crippen molar-refractivity contribution in [3.8, 4) is 11.5 Å². The van der Waals surface area contributed by atoms with Gasteiger partial charge in [-0.2, -0.15) is 0 Å². The minimum absolute atomic E-state index is 0. The molecule has 0 bridgehead atoms. The van der Waals surface area contributed by atoms with Crippen molar-refractivity contribution in [2.45, 2.75) is 0 Å². The number of hydrogen-bond donors (Lipinski definition) is 3. The Labute approximate surface area is 209 Å². The Balaban J connectivity index is 0.00000342. The lowest BCUT2D eigenvalue weighted by atomic mass is 10.1. The van der Waals surface area contributed by atoms with Crippen LogP contribution in [0.2, 0.25) is 0 Å². The van der Waals surface area contributed by atoms with Gasteiger partial charge in [0.05, 0.1) is 41.5 Å². The second-order valence-corrected chi connectivity index (χ2v) is 9.31. The number of anilines is 3. The largest absolute Gasteiger partial charge is 0.494 e. The molecule has 11 heteroatoms. The number of aromatic nitrogens is 1. The highest BCUT2D eigenvalue weighted by molar-refractivity contribution is 7.92. The minimum Gasteiger partial charge on any atom is -0.494 e. The highest BCUT2D eigenvalue weighted by Gasteiger charge is 2.14. The van der Waals surface area contributed by atoms with Crippen LogP contribution in [0.25, 0.3) is 21.8 Å². The van der Waals surface area contributed by atoms with Crippen molar-refractivity contribution in [3.05, 3.63) is 60.7 Å². The first kappa shape index (κ1) is 25.9. The number of para-hydroxylation sites is 1. The SMILES string of the molecule is CNC(=O)COc1ccc2c(Nc3ccc(NS(C)(=O)=O)cc3OC)c3ccccc3nc2c1.Cl.